The number of hydrogen-bond acceptors (Lipinski definition) is 6. The summed E-state index contributed by atoms with van der Waals surface area (Å²) in [6.07, 6.45) is 0.101. The van der Waals surface area contributed by atoms with Gasteiger partial charge in [0, 0.05) is 28.8 Å². The van der Waals surface area contributed by atoms with E-state index >= 15 is 0 Å². The minimum Gasteiger partial charge on any atom is -0.494 e. The molecule has 0 radical (unpaired) electrons. The summed E-state index contributed by atoms with van der Waals surface area (Å²) in [6.45, 7) is 5.04. The third-order valence-electron chi connectivity index (χ3n) is 5.76. The first kappa shape index (κ1) is 20.8. The topological polar surface area (TPSA) is 60.9 Å². The lowest BCUT2D eigenvalue weighted by molar-refractivity contribution is -0.132. The highest BCUT2D eigenvalue weighted by Gasteiger charge is 2.35. The van der Waals surface area contributed by atoms with Gasteiger partial charge in [-0.3, -0.25) is 9.78 Å². The van der Waals surface area contributed by atoms with E-state index in [9.17, 15) is 4.79 Å². The van der Waals surface area contributed by atoms with Crippen LogP contribution in [0, 0.1) is 6.92 Å². The number of nitrogens with zero attached hydrogens (tertiary/aromatic N) is 2. The zero-order valence-electron chi connectivity index (χ0n) is 18.5. The summed E-state index contributed by atoms with van der Waals surface area (Å²) < 4.78 is 17.2. The summed E-state index contributed by atoms with van der Waals surface area (Å²) in [5, 5.41) is 0.961. The van der Waals surface area contributed by atoms with Crippen molar-refractivity contribution in [1.82, 2.24) is 4.98 Å². The number of carbonyl (C=O) groups is 1. The summed E-state index contributed by atoms with van der Waals surface area (Å²) in [4.78, 5) is 18.2. The monoisotopic (exact) mass is 440 g/mol. The molecule has 1 atom stereocenters. The highest BCUT2D eigenvalue weighted by atomic mass is 16.5. The maximum atomic E-state index is 11.3. The predicted molar refractivity (Wildman–Crippen MR) is 127 cm³/mol. The Labute approximate surface area is 192 Å². The molecule has 166 valence electrons. The van der Waals surface area contributed by atoms with Crippen LogP contribution in [0.4, 0.5) is 11.4 Å². The van der Waals surface area contributed by atoms with Gasteiger partial charge in [0.15, 0.2) is 6.23 Å². The maximum absolute atomic E-state index is 11.3. The Morgan fingerprint density at radius 3 is 2.45 bits per heavy atom. The zero-order chi connectivity index (χ0) is 22.8. The molecule has 0 amide bonds. The molecule has 1 unspecified atom stereocenters. The molecule has 0 saturated heterocycles. The molecule has 1 aromatic heterocycles. The van der Waals surface area contributed by atoms with Gasteiger partial charge in [0.1, 0.15) is 17.2 Å². The molecule has 5 rings (SSSR count). The number of ether oxygens (including phenoxy) is 3. The highest BCUT2D eigenvalue weighted by Crippen LogP contribution is 2.45. The van der Waals surface area contributed by atoms with E-state index < -0.39 is 6.23 Å². The Balaban J connectivity index is 1.58. The smallest absolute Gasteiger partial charge is 0.295 e. The van der Waals surface area contributed by atoms with Gasteiger partial charge in [0.25, 0.3) is 6.47 Å². The summed E-state index contributed by atoms with van der Waals surface area (Å²) in [5.41, 5.74) is 4.74. The van der Waals surface area contributed by atoms with Gasteiger partial charge in [-0.15, -0.1) is 0 Å². The van der Waals surface area contributed by atoms with E-state index in [0.717, 1.165) is 50.8 Å². The second-order valence-corrected chi connectivity index (χ2v) is 7.81. The van der Waals surface area contributed by atoms with Crippen molar-refractivity contribution in [2.45, 2.75) is 26.5 Å². The molecule has 33 heavy (non-hydrogen) atoms. The number of aryl methyl sites for hydroxylation is 1. The number of hydrogen-bond donors (Lipinski definition) is 0. The Bertz CT molecular complexity index is 1290. The normalized spacial score (nSPS) is 14.7. The molecular formula is C27H24N2O4. The lowest BCUT2D eigenvalue weighted by Gasteiger charge is -2.27. The van der Waals surface area contributed by atoms with E-state index in [1.54, 1.807) is 0 Å². The zero-order valence-corrected chi connectivity index (χ0v) is 18.5. The molecular weight excluding hydrogens is 416 g/mol. The van der Waals surface area contributed by atoms with Crippen molar-refractivity contribution in [3.63, 3.8) is 0 Å². The number of anilines is 2. The molecule has 6 nitrogen and oxygen atoms in total. The average Bonchev–Trinajstić information content (AvgIpc) is 3.21. The van der Waals surface area contributed by atoms with E-state index in [-0.39, 0.29) is 0 Å². The molecule has 1 aliphatic rings. The molecule has 0 saturated carbocycles. The van der Waals surface area contributed by atoms with Crippen molar-refractivity contribution in [3.8, 4) is 17.2 Å². The van der Waals surface area contributed by atoms with Gasteiger partial charge in [-0.25, -0.2) is 0 Å². The van der Waals surface area contributed by atoms with Crippen molar-refractivity contribution in [1.29, 1.82) is 0 Å². The van der Waals surface area contributed by atoms with Crippen molar-refractivity contribution in [3.05, 3.63) is 84.1 Å². The fourth-order valence-electron chi connectivity index (χ4n) is 4.34. The van der Waals surface area contributed by atoms with Crippen LogP contribution in [0.1, 0.15) is 18.2 Å². The third kappa shape index (κ3) is 3.96. The molecule has 0 bridgehead atoms. The van der Waals surface area contributed by atoms with Crippen LogP contribution in [0.25, 0.3) is 10.9 Å². The van der Waals surface area contributed by atoms with Crippen molar-refractivity contribution in [2.75, 3.05) is 11.5 Å². The number of benzene rings is 3. The van der Waals surface area contributed by atoms with Gasteiger partial charge >= 0.3 is 0 Å². The first-order chi connectivity index (χ1) is 16.2. The fourth-order valence-corrected chi connectivity index (χ4v) is 4.34. The average molecular weight is 440 g/mol. The summed E-state index contributed by atoms with van der Waals surface area (Å²) in [7, 11) is 0. The second-order valence-electron chi connectivity index (χ2n) is 7.81. The van der Waals surface area contributed by atoms with Crippen LogP contribution < -0.4 is 14.4 Å². The Morgan fingerprint density at radius 2 is 1.73 bits per heavy atom. The lowest BCUT2D eigenvalue weighted by atomic mass is 10.1. The number of carbonyl (C=O) groups excluding carboxylic acids is 1. The van der Waals surface area contributed by atoms with Crippen LogP contribution >= 0.6 is 0 Å². The fraction of sp³-hybridized carbons (Fsp3) is 0.185. The van der Waals surface area contributed by atoms with Gasteiger partial charge in [-0.05, 0) is 68.4 Å². The number of aromatic nitrogens is 1. The van der Waals surface area contributed by atoms with Crippen molar-refractivity contribution in [2.24, 2.45) is 0 Å². The minimum atomic E-state index is -0.458. The van der Waals surface area contributed by atoms with Gasteiger partial charge in [0.2, 0.25) is 0 Å². The molecule has 2 heterocycles. The second kappa shape index (κ2) is 8.82. The van der Waals surface area contributed by atoms with Gasteiger partial charge in [0.05, 0.1) is 17.8 Å². The number of rotatable bonds is 7. The van der Waals surface area contributed by atoms with Crippen LogP contribution in [0.2, 0.25) is 0 Å². The molecule has 0 aliphatic carbocycles. The molecule has 4 aromatic rings. The summed E-state index contributed by atoms with van der Waals surface area (Å²) in [6, 6.07) is 23.3. The molecule has 3 aromatic carbocycles. The third-order valence-corrected chi connectivity index (χ3v) is 5.76. The number of fused-ring (bicyclic) bond motifs is 3. The van der Waals surface area contributed by atoms with Crippen molar-refractivity contribution >= 4 is 28.7 Å². The standard InChI is InChI=1S/C27H24N2O4/c1-3-31-22-13-14-25-24(15-22)27-23(18(2)28-25)16-26(32-17-30)29(27)19-9-11-21(12-10-19)33-20-7-5-4-6-8-20/h4-15,17,26H,3,16H2,1-2H3. The Morgan fingerprint density at radius 1 is 1.00 bits per heavy atom. The summed E-state index contributed by atoms with van der Waals surface area (Å²) >= 11 is 0. The predicted octanol–water partition coefficient (Wildman–Crippen LogP) is 5.93. The molecule has 0 N–H and O–H groups in total. The van der Waals surface area contributed by atoms with Crippen LogP contribution in [0.5, 0.6) is 17.2 Å². The molecule has 1 aliphatic heterocycles. The Hall–Kier alpha value is -4.06. The van der Waals surface area contributed by atoms with E-state index in [2.05, 4.69) is 4.90 Å². The number of para-hydroxylation sites is 1. The van der Waals surface area contributed by atoms with E-state index in [0.29, 0.717) is 19.5 Å². The molecule has 0 spiro atoms. The van der Waals surface area contributed by atoms with E-state index in [4.69, 9.17) is 19.2 Å². The Kier molecular flexibility index (Phi) is 5.57. The lowest BCUT2D eigenvalue weighted by Crippen LogP contribution is -2.29. The van der Waals surface area contributed by atoms with Gasteiger partial charge < -0.3 is 19.1 Å². The van der Waals surface area contributed by atoms with Crippen molar-refractivity contribution < 1.29 is 19.0 Å². The first-order valence-corrected chi connectivity index (χ1v) is 10.9. The van der Waals surface area contributed by atoms with Crippen LogP contribution in [-0.2, 0) is 16.0 Å². The quantitative estimate of drug-likeness (QED) is 0.332. The summed E-state index contributed by atoms with van der Waals surface area (Å²) in [5.74, 6) is 2.28. The van der Waals surface area contributed by atoms with E-state index in [1.165, 1.54) is 0 Å². The molecule has 6 heteroatoms. The van der Waals surface area contributed by atoms with Gasteiger partial charge in [-0.1, -0.05) is 18.2 Å². The van der Waals surface area contributed by atoms with E-state index in [1.807, 2.05) is 86.6 Å². The molecule has 0 fully saturated rings. The highest BCUT2D eigenvalue weighted by molar-refractivity contribution is 5.98. The van der Waals surface area contributed by atoms with Crippen LogP contribution in [-0.4, -0.2) is 24.3 Å². The minimum absolute atomic E-state index is 0.458. The van der Waals surface area contributed by atoms with Gasteiger partial charge in [-0.2, -0.15) is 0 Å². The number of pyridine rings is 1. The first-order valence-electron chi connectivity index (χ1n) is 10.9. The maximum Gasteiger partial charge on any atom is 0.295 e. The SMILES string of the molecule is CCOc1ccc2nc(C)c3c(c2c1)N(c1ccc(Oc2ccccc2)cc1)C(OC=O)C3. The van der Waals surface area contributed by atoms with Crippen LogP contribution in [0.15, 0.2) is 72.8 Å². The van der Waals surface area contributed by atoms with Crippen LogP contribution in [0.3, 0.4) is 0 Å². The largest absolute Gasteiger partial charge is 0.494 e.